The topological polar surface area (TPSA) is 98.1 Å². The lowest BCUT2D eigenvalue weighted by Gasteiger charge is -2.10. The van der Waals surface area contributed by atoms with Gasteiger partial charge in [-0.3, -0.25) is 9.59 Å². The number of amides is 2. The quantitative estimate of drug-likeness (QED) is 0.378. The SMILES string of the molecule is CCOc1ccc(NC(=O)Cc2nnc(SCC(=O)Nc3cccc(Cl)c3Cl)n2CC)cc1. The summed E-state index contributed by atoms with van der Waals surface area (Å²) >= 11 is 13.3. The van der Waals surface area contributed by atoms with Gasteiger partial charge in [-0.2, -0.15) is 0 Å². The molecule has 0 unspecified atom stereocenters. The zero-order chi connectivity index (χ0) is 23.8. The molecule has 0 spiro atoms. The van der Waals surface area contributed by atoms with Crippen LogP contribution in [0.1, 0.15) is 19.7 Å². The van der Waals surface area contributed by atoms with E-state index in [0.29, 0.717) is 40.5 Å². The maximum absolute atomic E-state index is 12.5. The molecule has 174 valence electrons. The van der Waals surface area contributed by atoms with Gasteiger partial charge in [-0.15, -0.1) is 10.2 Å². The minimum atomic E-state index is -0.260. The second-order valence-electron chi connectivity index (χ2n) is 6.76. The molecule has 0 aliphatic heterocycles. The minimum absolute atomic E-state index is 0.0545. The van der Waals surface area contributed by atoms with Gasteiger partial charge in [0.25, 0.3) is 0 Å². The van der Waals surface area contributed by atoms with Gasteiger partial charge in [0.1, 0.15) is 11.6 Å². The Morgan fingerprint density at radius 3 is 2.48 bits per heavy atom. The van der Waals surface area contributed by atoms with Crippen LogP contribution < -0.4 is 15.4 Å². The average molecular weight is 508 g/mol. The zero-order valence-corrected chi connectivity index (χ0v) is 20.4. The molecular formula is C22H23Cl2N5O3S. The van der Waals surface area contributed by atoms with Gasteiger partial charge in [0.15, 0.2) is 5.16 Å². The van der Waals surface area contributed by atoms with Crippen LogP contribution in [-0.4, -0.2) is 38.9 Å². The molecule has 3 aromatic rings. The van der Waals surface area contributed by atoms with Crippen LogP contribution in [0, 0.1) is 0 Å². The van der Waals surface area contributed by atoms with Crippen molar-refractivity contribution in [1.82, 2.24) is 14.8 Å². The number of halogens is 2. The number of thioether (sulfide) groups is 1. The Labute approximate surface area is 206 Å². The number of carbonyl (C=O) groups excluding carboxylic acids is 2. The number of anilines is 2. The van der Waals surface area contributed by atoms with Crippen LogP contribution in [0.25, 0.3) is 0 Å². The summed E-state index contributed by atoms with van der Waals surface area (Å²) in [6, 6.07) is 12.2. The predicted octanol–water partition coefficient (Wildman–Crippen LogP) is 4.92. The maximum Gasteiger partial charge on any atom is 0.234 e. The zero-order valence-electron chi connectivity index (χ0n) is 18.1. The van der Waals surface area contributed by atoms with Gasteiger partial charge in [-0.1, -0.05) is 41.0 Å². The molecule has 0 aliphatic carbocycles. The summed E-state index contributed by atoms with van der Waals surface area (Å²) in [6.07, 6.45) is 0.0545. The van der Waals surface area contributed by atoms with E-state index in [1.807, 2.05) is 18.4 Å². The number of nitrogens with zero attached hydrogens (tertiary/aromatic N) is 3. The summed E-state index contributed by atoms with van der Waals surface area (Å²) in [5.41, 5.74) is 1.11. The number of ether oxygens (including phenoxy) is 1. The molecule has 3 rings (SSSR count). The van der Waals surface area contributed by atoms with Crippen LogP contribution in [0.2, 0.25) is 10.0 Å². The third kappa shape index (κ3) is 6.86. The van der Waals surface area contributed by atoms with Crippen molar-refractivity contribution in [2.45, 2.75) is 32.0 Å². The van der Waals surface area contributed by atoms with Crippen LogP contribution in [0.3, 0.4) is 0 Å². The highest BCUT2D eigenvalue weighted by atomic mass is 35.5. The maximum atomic E-state index is 12.5. The molecule has 1 aromatic heterocycles. The first-order chi connectivity index (χ1) is 15.9. The number of benzene rings is 2. The summed E-state index contributed by atoms with van der Waals surface area (Å²) in [5.74, 6) is 0.876. The van der Waals surface area contributed by atoms with Gasteiger partial charge in [0.05, 0.1) is 34.5 Å². The molecule has 2 N–H and O–H groups in total. The number of nitrogens with one attached hydrogen (secondary N) is 2. The fraction of sp³-hybridized carbons (Fsp3) is 0.273. The Hall–Kier alpha value is -2.75. The van der Waals surface area contributed by atoms with Crippen molar-refractivity contribution in [1.29, 1.82) is 0 Å². The molecule has 0 radical (unpaired) electrons. The van der Waals surface area contributed by atoms with Gasteiger partial charge in [0, 0.05) is 12.2 Å². The lowest BCUT2D eigenvalue weighted by Crippen LogP contribution is -2.18. The monoisotopic (exact) mass is 507 g/mol. The summed E-state index contributed by atoms with van der Waals surface area (Å²) in [5, 5.41) is 15.0. The molecule has 1 heterocycles. The molecule has 0 bridgehead atoms. The predicted molar refractivity (Wildman–Crippen MR) is 131 cm³/mol. The molecular weight excluding hydrogens is 485 g/mol. The third-order valence-electron chi connectivity index (χ3n) is 4.44. The summed E-state index contributed by atoms with van der Waals surface area (Å²) in [7, 11) is 0. The summed E-state index contributed by atoms with van der Waals surface area (Å²) in [4.78, 5) is 24.8. The van der Waals surface area contributed by atoms with Gasteiger partial charge in [-0.25, -0.2) is 0 Å². The Kier molecular flexibility index (Phi) is 8.99. The highest BCUT2D eigenvalue weighted by molar-refractivity contribution is 7.99. The lowest BCUT2D eigenvalue weighted by atomic mass is 10.3. The average Bonchev–Trinajstić information content (AvgIpc) is 3.18. The highest BCUT2D eigenvalue weighted by Crippen LogP contribution is 2.29. The number of hydrogen-bond acceptors (Lipinski definition) is 6. The van der Waals surface area contributed by atoms with E-state index < -0.39 is 0 Å². The molecule has 8 nitrogen and oxygen atoms in total. The Balaban J connectivity index is 1.57. The molecule has 11 heteroatoms. The number of aromatic nitrogens is 3. The van der Waals surface area contributed by atoms with Crippen LogP contribution in [-0.2, 0) is 22.6 Å². The van der Waals surface area contributed by atoms with Gasteiger partial charge < -0.3 is 19.9 Å². The largest absolute Gasteiger partial charge is 0.494 e. The molecule has 2 amide bonds. The van der Waals surface area contributed by atoms with Crippen molar-refractivity contribution in [3.63, 3.8) is 0 Å². The standard InChI is InChI=1S/C22H23Cl2N5O3S/c1-3-29-18(12-19(30)25-14-8-10-15(11-9-14)32-4-2)27-28-22(29)33-13-20(31)26-17-7-5-6-16(23)21(17)24/h5-11H,3-4,12-13H2,1-2H3,(H,25,30)(H,26,31). The fourth-order valence-electron chi connectivity index (χ4n) is 2.94. The van der Waals surface area contributed by atoms with E-state index in [4.69, 9.17) is 27.9 Å². The number of hydrogen-bond donors (Lipinski definition) is 2. The number of carbonyl (C=O) groups is 2. The normalized spacial score (nSPS) is 10.7. The molecule has 0 atom stereocenters. The second-order valence-corrected chi connectivity index (χ2v) is 8.49. The molecule has 0 aliphatic rings. The van der Waals surface area contributed by atoms with E-state index in [1.54, 1.807) is 42.5 Å². The summed E-state index contributed by atoms with van der Waals surface area (Å²) in [6.45, 7) is 4.97. The third-order valence-corrected chi connectivity index (χ3v) is 6.22. The Bertz CT molecular complexity index is 1120. The number of rotatable bonds is 10. The Morgan fingerprint density at radius 2 is 1.79 bits per heavy atom. The highest BCUT2D eigenvalue weighted by Gasteiger charge is 2.17. The van der Waals surface area contributed by atoms with Gasteiger partial charge in [0.2, 0.25) is 11.8 Å². The van der Waals surface area contributed by atoms with Crippen molar-refractivity contribution in [3.05, 3.63) is 58.3 Å². The first-order valence-corrected chi connectivity index (χ1v) is 12.0. The van der Waals surface area contributed by atoms with Gasteiger partial charge >= 0.3 is 0 Å². The van der Waals surface area contributed by atoms with Crippen molar-refractivity contribution >= 4 is 58.2 Å². The van der Waals surface area contributed by atoms with Crippen LogP contribution in [0.4, 0.5) is 11.4 Å². The molecule has 0 fully saturated rings. The van der Waals surface area contributed by atoms with E-state index in [2.05, 4.69) is 20.8 Å². The molecule has 2 aromatic carbocycles. The first-order valence-electron chi connectivity index (χ1n) is 10.2. The van der Waals surface area contributed by atoms with Crippen LogP contribution in [0.5, 0.6) is 5.75 Å². The smallest absolute Gasteiger partial charge is 0.234 e. The van der Waals surface area contributed by atoms with Crippen LogP contribution in [0.15, 0.2) is 47.6 Å². The van der Waals surface area contributed by atoms with Crippen molar-refractivity contribution in [2.24, 2.45) is 0 Å². The van der Waals surface area contributed by atoms with Crippen LogP contribution >= 0.6 is 35.0 Å². The first kappa shape index (κ1) is 24.9. The van der Waals surface area contributed by atoms with Gasteiger partial charge in [-0.05, 0) is 50.2 Å². The van der Waals surface area contributed by atoms with Crippen molar-refractivity contribution in [3.8, 4) is 5.75 Å². The lowest BCUT2D eigenvalue weighted by molar-refractivity contribution is -0.116. The second kappa shape index (κ2) is 11.9. The van der Waals surface area contributed by atoms with E-state index in [0.717, 1.165) is 5.75 Å². The summed E-state index contributed by atoms with van der Waals surface area (Å²) < 4.78 is 7.21. The molecule has 33 heavy (non-hydrogen) atoms. The fourth-order valence-corrected chi connectivity index (χ4v) is 4.11. The molecule has 0 saturated heterocycles. The van der Waals surface area contributed by atoms with E-state index in [-0.39, 0.29) is 29.0 Å². The van der Waals surface area contributed by atoms with E-state index in [1.165, 1.54) is 11.8 Å². The van der Waals surface area contributed by atoms with Crippen molar-refractivity contribution < 1.29 is 14.3 Å². The van der Waals surface area contributed by atoms with E-state index >= 15 is 0 Å². The molecule has 0 saturated carbocycles. The minimum Gasteiger partial charge on any atom is -0.494 e. The van der Waals surface area contributed by atoms with E-state index in [9.17, 15) is 9.59 Å². The van der Waals surface area contributed by atoms with Crippen molar-refractivity contribution in [2.75, 3.05) is 23.0 Å². The Morgan fingerprint density at radius 1 is 1.03 bits per heavy atom.